The van der Waals surface area contributed by atoms with E-state index in [1.54, 1.807) is 10.9 Å². The molecule has 1 aliphatic rings. The van der Waals surface area contributed by atoms with E-state index in [2.05, 4.69) is 57.2 Å². The number of carbonyl (C=O) groups is 1. The molecule has 0 radical (unpaired) electrons. The van der Waals surface area contributed by atoms with Crippen LogP contribution in [-0.2, 0) is 17.9 Å². The van der Waals surface area contributed by atoms with Crippen molar-refractivity contribution in [2.75, 3.05) is 31.1 Å². The molecule has 3 aromatic rings. The number of nitrogens with zero attached hydrogens (tertiary/aromatic N) is 4. The summed E-state index contributed by atoms with van der Waals surface area (Å²) in [4.78, 5) is 20.1. The highest BCUT2D eigenvalue weighted by Crippen LogP contribution is 2.23. The Hall–Kier alpha value is -2.86. The molecule has 0 atom stereocenters. The Morgan fingerprint density at radius 3 is 2.54 bits per heavy atom. The lowest BCUT2D eigenvalue weighted by Crippen LogP contribution is -2.45. The number of imidazole rings is 1. The molecule has 134 valence electrons. The van der Waals surface area contributed by atoms with Crippen molar-refractivity contribution in [3.8, 4) is 0 Å². The lowest BCUT2D eigenvalue weighted by molar-refractivity contribution is -0.137. The van der Waals surface area contributed by atoms with Gasteiger partial charge in [-0.2, -0.15) is 0 Å². The molecule has 0 spiro atoms. The van der Waals surface area contributed by atoms with Gasteiger partial charge in [0, 0.05) is 38.4 Å². The van der Waals surface area contributed by atoms with Gasteiger partial charge >= 0.3 is 5.97 Å². The summed E-state index contributed by atoms with van der Waals surface area (Å²) in [5, 5.41) is 8.97. The Morgan fingerprint density at radius 1 is 1.04 bits per heavy atom. The molecule has 1 aliphatic heterocycles. The van der Waals surface area contributed by atoms with Crippen LogP contribution in [0.15, 0.2) is 54.9 Å². The minimum Gasteiger partial charge on any atom is -0.480 e. The van der Waals surface area contributed by atoms with E-state index >= 15 is 0 Å². The molecule has 0 aliphatic carbocycles. The van der Waals surface area contributed by atoms with Crippen molar-refractivity contribution < 1.29 is 9.90 Å². The highest BCUT2D eigenvalue weighted by atomic mass is 16.4. The maximum atomic E-state index is 10.9. The van der Waals surface area contributed by atoms with Crippen LogP contribution in [0.4, 0.5) is 5.69 Å². The van der Waals surface area contributed by atoms with Gasteiger partial charge in [0.1, 0.15) is 6.54 Å². The first-order chi connectivity index (χ1) is 12.7. The molecule has 0 bridgehead atoms. The zero-order valence-corrected chi connectivity index (χ0v) is 14.6. The van der Waals surface area contributed by atoms with Gasteiger partial charge in [-0.25, -0.2) is 4.98 Å². The van der Waals surface area contributed by atoms with Gasteiger partial charge in [-0.3, -0.25) is 9.69 Å². The van der Waals surface area contributed by atoms with Crippen LogP contribution in [0.25, 0.3) is 11.0 Å². The first kappa shape index (κ1) is 16.6. The molecule has 1 fully saturated rings. The van der Waals surface area contributed by atoms with Crippen LogP contribution < -0.4 is 4.90 Å². The van der Waals surface area contributed by atoms with Crippen molar-refractivity contribution in [1.29, 1.82) is 0 Å². The molecule has 6 heteroatoms. The second kappa shape index (κ2) is 7.17. The summed E-state index contributed by atoms with van der Waals surface area (Å²) in [6, 6.07) is 16.7. The second-order valence-corrected chi connectivity index (χ2v) is 6.69. The van der Waals surface area contributed by atoms with Crippen LogP contribution in [0.2, 0.25) is 0 Å². The molecule has 0 saturated carbocycles. The Balaban J connectivity index is 1.42. The Kier molecular flexibility index (Phi) is 4.58. The number of anilines is 1. The van der Waals surface area contributed by atoms with E-state index in [-0.39, 0.29) is 6.54 Å². The summed E-state index contributed by atoms with van der Waals surface area (Å²) >= 11 is 0. The maximum Gasteiger partial charge on any atom is 0.323 e. The predicted octanol–water partition coefficient (Wildman–Crippen LogP) is 2.44. The van der Waals surface area contributed by atoms with E-state index in [0.717, 1.165) is 49.4 Å². The number of aliphatic carboxylic acids is 1. The lowest BCUT2D eigenvalue weighted by Gasteiger charge is -2.36. The highest BCUT2D eigenvalue weighted by Gasteiger charge is 2.18. The van der Waals surface area contributed by atoms with E-state index in [1.807, 2.05) is 6.07 Å². The van der Waals surface area contributed by atoms with Gasteiger partial charge in [0.25, 0.3) is 0 Å². The minimum atomic E-state index is -0.858. The van der Waals surface area contributed by atoms with Crippen LogP contribution in [0.5, 0.6) is 0 Å². The number of fused-ring (bicyclic) bond motifs is 1. The molecule has 2 heterocycles. The number of rotatable bonds is 5. The number of carboxylic acids is 1. The van der Waals surface area contributed by atoms with Crippen LogP contribution >= 0.6 is 0 Å². The second-order valence-electron chi connectivity index (χ2n) is 6.69. The smallest absolute Gasteiger partial charge is 0.323 e. The highest BCUT2D eigenvalue weighted by molar-refractivity contribution is 5.81. The number of piperazine rings is 1. The van der Waals surface area contributed by atoms with E-state index in [9.17, 15) is 4.79 Å². The molecule has 1 aromatic heterocycles. The van der Waals surface area contributed by atoms with E-state index < -0.39 is 5.97 Å². The predicted molar refractivity (Wildman–Crippen MR) is 101 cm³/mol. The SMILES string of the molecule is O=C(O)Cn1cnc2cc(N3CCN(Cc4ccccc4)CC3)ccc21. The fourth-order valence-electron chi connectivity index (χ4n) is 3.53. The maximum absolute atomic E-state index is 10.9. The molecule has 2 aromatic carbocycles. The number of aromatic nitrogens is 2. The Morgan fingerprint density at radius 2 is 1.81 bits per heavy atom. The third-order valence-corrected chi connectivity index (χ3v) is 4.90. The van der Waals surface area contributed by atoms with Crippen LogP contribution in [-0.4, -0.2) is 51.7 Å². The number of carboxylic acid groups (broad SMARTS) is 1. The third-order valence-electron chi connectivity index (χ3n) is 4.90. The van der Waals surface area contributed by atoms with Crippen molar-refractivity contribution >= 4 is 22.7 Å². The fraction of sp³-hybridized carbons (Fsp3) is 0.300. The average Bonchev–Trinajstić information content (AvgIpc) is 3.05. The van der Waals surface area contributed by atoms with Crippen molar-refractivity contribution in [3.05, 3.63) is 60.4 Å². The third kappa shape index (κ3) is 3.55. The van der Waals surface area contributed by atoms with Crippen molar-refractivity contribution in [1.82, 2.24) is 14.5 Å². The number of benzene rings is 2. The monoisotopic (exact) mass is 350 g/mol. The first-order valence-electron chi connectivity index (χ1n) is 8.87. The summed E-state index contributed by atoms with van der Waals surface area (Å²) in [5.74, 6) is -0.858. The van der Waals surface area contributed by atoms with Gasteiger partial charge in [-0.1, -0.05) is 30.3 Å². The topological polar surface area (TPSA) is 61.6 Å². The lowest BCUT2D eigenvalue weighted by atomic mass is 10.2. The normalized spacial score (nSPS) is 15.5. The summed E-state index contributed by atoms with van der Waals surface area (Å²) in [6.45, 7) is 4.95. The molecule has 4 rings (SSSR count). The van der Waals surface area contributed by atoms with Gasteiger partial charge in [0.2, 0.25) is 0 Å². The van der Waals surface area contributed by atoms with Crippen molar-refractivity contribution in [3.63, 3.8) is 0 Å². The van der Waals surface area contributed by atoms with Gasteiger partial charge in [0.15, 0.2) is 0 Å². The van der Waals surface area contributed by atoms with E-state index in [4.69, 9.17) is 5.11 Å². The molecule has 26 heavy (non-hydrogen) atoms. The summed E-state index contributed by atoms with van der Waals surface area (Å²) in [7, 11) is 0. The molecule has 6 nitrogen and oxygen atoms in total. The first-order valence-corrected chi connectivity index (χ1v) is 8.87. The molecule has 1 saturated heterocycles. The van der Waals surface area contributed by atoms with Crippen molar-refractivity contribution in [2.45, 2.75) is 13.1 Å². The van der Waals surface area contributed by atoms with Crippen LogP contribution in [0.1, 0.15) is 5.56 Å². The summed E-state index contributed by atoms with van der Waals surface area (Å²) < 4.78 is 1.67. The zero-order valence-electron chi connectivity index (χ0n) is 14.6. The van der Waals surface area contributed by atoms with E-state index in [0.29, 0.717) is 0 Å². The standard InChI is InChI=1S/C20H22N4O2/c25-20(26)14-24-15-21-18-12-17(6-7-19(18)24)23-10-8-22(9-11-23)13-16-4-2-1-3-5-16/h1-7,12,15H,8-11,13-14H2,(H,25,26). The van der Waals surface area contributed by atoms with Crippen molar-refractivity contribution in [2.24, 2.45) is 0 Å². The molecule has 0 amide bonds. The Bertz CT molecular complexity index is 899. The molecular formula is C20H22N4O2. The average molecular weight is 350 g/mol. The molecular weight excluding hydrogens is 328 g/mol. The molecule has 0 unspecified atom stereocenters. The van der Waals surface area contributed by atoms with Gasteiger partial charge < -0.3 is 14.6 Å². The quantitative estimate of drug-likeness (QED) is 0.766. The van der Waals surface area contributed by atoms with Gasteiger partial charge in [-0.05, 0) is 23.8 Å². The minimum absolute atomic E-state index is 0.0615. The summed E-state index contributed by atoms with van der Waals surface area (Å²) in [6.07, 6.45) is 1.60. The van der Waals surface area contributed by atoms with Crippen LogP contribution in [0, 0.1) is 0 Å². The largest absolute Gasteiger partial charge is 0.480 e. The number of hydrogen-bond acceptors (Lipinski definition) is 4. The number of hydrogen-bond donors (Lipinski definition) is 1. The molecule has 1 N–H and O–H groups in total. The van der Waals surface area contributed by atoms with Crippen LogP contribution in [0.3, 0.4) is 0 Å². The summed E-state index contributed by atoms with van der Waals surface area (Å²) in [5.41, 5.74) is 4.21. The van der Waals surface area contributed by atoms with Gasteiger partial charge in [0.05, 0.1) is 17.4 Å². The fourth-order valence-corrected chi connectivity index (χ4v) is 3.53. The Labute approximate surface area is 152 Å². The zero-order chi connectivity index (χ0) is 17.9. The van der Waals surface area contributed by atoms with Gasteiger partial charge in [-0.15, -0.1) is 0 Å². The van der Waals surface area contributed by atoms with E-state index in [1.165, 1.54) is 5.56 Å².